The Hall–Kier alpha value is -1.87. The van der Waals surface area contributed by atoms with Crippen LogP contribution in [0, 0.1) is 11.7 Å². The highest BCUT2D eigenvalue weighted by molar-refractivity contribution is 7.85. The lowest BCUT2D eigenvalue weighted by Gasteiger charge is -2.44. The summed E-state index contributed by atoms with van der Waals surface area (Å²) in [5.41, 5.74) is 0. The number of carbonyl (C=O) groups is 1. The summed E-state index contributed by atoms with van der Waals surface area (Å²) in [6.07, 6.45) is 4.30. The maximum atomic E-state index is 13.5. The van der Waals surface area contributed by atoms with E-state index in [9.17, 15) is 17.6 Å². The zero-order valence-electron chi connectivity index (χ0n) is 14.4. The molecule has 0 radical (unpaired) electrons. The van der Waals surface area contributed by atoms with Gasteiger partial charge in [0.25, 0.3) is 0 Å². The second-order valence-corrected chi connectivity index (χ2v) is 7.95. The molecule has 0 aliphatic carbocycles. The van der Waals surface area contributed by atoms with Gasteiger partial charge in [-0.15, -0.1) is 0 Å². The number of hydrogen-bond acceptors (Lipinski definition) is 6. The standard InChI is InChI=1S/C17H23FN2O5S/c18-14-7-1-2-9-16(14)25-26(22,23)19-17(21)24-12-13-6-5-11-20-10-4-3-8-15(13)20/h1-2,7,9,13,15H,3-6,8,10-12H2,(H,19,21)/t13-,15-/m0/s1. The van der Waals surface area contributed by atoms with E-state index in [4.69, 9.17) is 4.74 Å². The fourth-order valence-corrected chi connectivity index (χ4v) is 4.41. The van der Waals surface area contributed by atoms with Crippen LogP contribution in [0.1, 0.15) is 32.1 Å². The maximum Gasteiger partial charge on any atom is 0.423 e. The molecule has 26 heavy (non-hydrogen) atoms. The summed E-state index contributed by atoms with van der Waals surface area (Å²) in [4.78, 5) is 14.3. The zero-order chi connectivity index (χ0) is 18.6. The molecule has 3 rings (SSSR count). The van der Waals surface area contributed by atoms with E-state index < -0.39 is 28.0 Å². The van der Waals surface area contributed by atoms with E-state index >= 15 is 0 Å². The highest BCUT2D eigenvalue weighted by Gasteiger charge is 2.34. The van der Waals surface area contributed by atoms with Crippen molar-refractivity contribution in [3.8, 4) is 5.75 Å². The Balaban J connectivity index is 1.51. The molecule has 2 fully saturated rings. The first kappa shape index (κ1) is 18.9. The van der Waals surface area contributed by atoms with E-state index in [2.05, 4.69) is 9.08 Å². The third-order valence-electron chi connectivity index (χ3n) is 4.90. The number of para-hydroxylation sites is 1. The number of nitrogens with one attached hydrogen (secondary N) is 1. The molecule has 0 spiro atoms. The first-order valence-corrected chi connectivity index (χ1v) is 10.2. The Bertz CT molecular complexity index is 740. The van der Waals surface area contributed by atoms with Crippen molar-refractivity contribution >= 4 is 16.4 Å². The topological polar surface area (TPSA) is 84.9 Å². The summed E-state index contributed by atoms with van der Waals surface area (Å²) in [5.74, 6) is -1.13. The van der Waals surface area contributed by atoms with Gasteiger partial charge in [0.1, 0.15) is 0 Å². The number of hydrogen-bond donors (Lipinski definition) is 1. The largest absolute Gasteiger partial charge is 0.448 e. The maximum absolute atomic E-state index is 13.5. The van der Waals surface area contributed by atoms with Crippen LogP contribution < -0.4 is 8.91 Å². The van der Waals surface area contributed by atoms with E-state index in [1.165, 1.54) is 18.6 Å². The monoisotopic (exact) mass is 386 g/mol. The Morgan fingerprint density at radius 2 is 1.96 bits per heavy atom. The molecular formula is C17H23FN2O5S. The summed E-state index contributed by atoms with van der Waals surface area (Å²) in [5, 5.41) is 0. The first-order chi connectivity index (χ1) is 12.4. The van der Waals surface area contributed by atoms with Gasteiger partial charge in [-0.3, -0.25) is 4.90 Å². The fraction of sp³-hybridized carbons (Fsp3) is 0.588. The highest BCUT2D eigenvalue weighted by atomic mass is 32.2. The molecule has 144 valence electrons. The lowest BCUT2D eigenvalue weighted by molar-refractivity contribution is 0.0244. The molecular weight excluding hydrogens is 363 g/mol. The van der Waals surface area contributed by atoms with Gasteiger partial charge in [-0.25, -0.2) is 9.18 Å². The van der Waals surface area contributed by atoms with Crippen LogP contribution in [0.2, 0.25) is 0 Å². The number of nitrogens with zero attached hydrogens (tertiary/aromatic N) is 1. The summed E-state index contributed by atoms with van der Waals surface area (Å²) in [7, 11) is -4.51. The molecule has 0 unspecified atom stereocenters. The van der Waals surface area contributed by atoms with Crippen molar-refractivity contribution < 1.29 is 26.5 Å². The molecule has 2 aliphatic heterocycles. The van der Waals surface area contributed by atoms with Gasteiger partial charge in [0.15, 0.2) is 11.6 Å². The third kappa shape index (κ3) is 4.85. The van der Waals surface area contributed by atoms with Gasteiger partial charge in [0.2, 0.25) is 0 Å². The summed E-state index contributed by atoms with van der Waals surface area (Å²) in [6, 6.07) is 5.42. The highest BCUT2D eigenvalue weighted by Crippen LogP contribution is 2.31. The second-order valence-electron chi connectivity index (χ2n) is 6.67. The lowest BCUT2D eigenvalue weighted by Crippen LogP contribution is -2.49. The van der Waals surface area contributed by atoms with Crippen molar-refractivity contribution in [2.45, 2.75) is 38.1 Å². The van der Waals surface area contributed by atoms with Crippen molar-refractivity contribution in [2.24, 2.45) is 5.92 Å². The molecule has 0 bridgehead atoms. The lowest BCUT2D eigenvalue weighted by atomic mass is 9.84. The van der Waals surface area contributed by atoms with E-state index in [0.717, 1.165) is 50.9 Å². The van der Waals surface area contributed by atoms with Crippen molar-refractivity contribution in [2.75, 3.05) is 19.7 Å². The van der Waals surface area contributed by atoms with Crippen LogP contribution in [-0.4, -0.2) is 45.1 Å². The van der Waals surface area contributed by atoms with Crippen LogP contribution in [0.3, 0.4) is 0 Å². The normalized spacial score (nSPS) is 23.7. The molecule has 0 aromatic heterocycles. The molecule has 1 aromatic rings. The van der Waals surface area contributed by atoms with Crippen molar-refractivity contribution in [3.63, 3.8) is 0 Å². The molecule has 2 aliphatic rings. The number of halogens is 1. The Kier molecular flexibility index (Phi) is 5.98. The van der Waals surface area contributed by atoms with Gasteiger partial charge < -0.3 is 8.92 Å². The number of rotatable bonds is 5. The molecule has 2 saturated heterocycles. The molecule has 9 heteroatoms. The van der Waals surface area contributed by atoms with Crippen molar-refractivity contribution in [1.29, 1.82) is 0 Å². The quantitative estimate of drug-likeness (QED) is 0.837. The summed E-state index contributed by atoms with van der Waals surface area (Å²) >= 11 is 0. The molecule has 2 atom stereocenters. The van der Waals surface area contributed by atoms with Gasteiger partial charge in [-0.05, 0) is 50.9 Å². The SMILES string of the molecule is O=C(NS(=O)(=O)Oc1ccccc1F)OC[C@@H]1CCCN2CCCC[C@@H]12. The average molecular weight is 386 g/mol. The van der Waals surface area contributed by atoms with Gasteiger partial charge in [0, 0.05) is 12.0 Å². The molecule has 7 nitrogen and oxygen atoms in total. The van der Waals surface area contributed by atoms with Crippen molar-refractivity contribution in [3.05, 3.63) is 30.1 Å². The van der Waals surface area contributed by atoms with Crippen LogP contribution in [0.4, 0.5) is 9.18 Å². The van der Waals surface area contributed by atoms with Crippen LogP contribution >= 0.6 is 0 Å². The van der Waals surface area contributed by atoms with E-state index in [1.54, 1.807) is 4.72 Å². The fourth-order valence-electron chi connectivity index (χ4n) is 3.74. The minimum Gasteiger partial charge on any atom is -0.448 e. The first-order valence-electron chi connectivity index (χ1n) is 8.82. The minimum atomic E-state index is -4.51. The van der Waals surface area contributed by atoms with Gasteiger partial charge in [-0.2, -0.15) is 13.1 Å². The van der Waals surface area contributed by atoms with Gasteiger partial charge in [-0.1, -0.05) is 18.6 Å². The molecule has 1 aromatic carbocycles. The number of amides is 1. The van der Waals surface area contributed by atoms with Crippen LogP contribution in [0.5, 0.6) is 5.75 Å². The van der Waals surface area contributed by atoms with Gasteiger partial charge >= 0.3 is 16.4 Å². The molecule has 0 saturated carbocycles. The predicted octanol–water partition coefficient (Wildman–Crippen LogP) is 2.44. The molecule has 2 heterocycles. The zero-order valence-corrected chi connectivity index (χ0v) is 15.2. The number of carbonyl (C=O) groups excluding carboxylic acids is 1. The average Bonchev–Trinajstić information content (AvgIpc) is 2.61. The smallest absolute Gasteiger partial charge is 0.423 e. The Morgan fingerprint density at radius 1 is 1.19 bits per heavy atom. The molecule has 1 N–H and O–H groups in total. The van der Waals surface area contributed by atoms with E-state index in [1.807, 2.05) is 0 Å². The van der Waals surface area contributed by atoms with Crippen LogP contribution in [0.15, 0.2) is 24.3 Å². The van der Waals surface area contributed by atoms with E-state index in [-0.39, 0.29) is 12.5 Å². The number of benzene rings is 1. The van der Waals surface area contributed by atoms with Gasteiger partial charge in [0.05, 0.1) is 6.61 Å². The number of fused-ring (bicyclic) bond motifs is 1. The van der Waals surface area contributed by atoms with Crippen LogP contribution in [-0.2, 0) is 15.0 Å². The minimum absolute atomic E-state index is 0.155. The number of ether oxygens (including phenoxy) is 1. The predicted molar refractivity (Wildman–Crippen MR) is 92.4 cm³/mol. The Morgan fingerprint density at radius 3 is 2.77 bits per heavy atom. The second kappa shape index (κ2) is 8.22. The van der Waals surface area contributed by atoms with Crippen LogP contribution in [0.25, 0.3) is 0 Å². The van der Waals surface area contributed by atoms with E-state index in [0.29, 0.717) is 6.04 Å². The summed E-state index contributed by atoms with van der Waals surface area (Å²) in [6.45, 7) is 2.29. The molecule has 1 amide bonds. The van der Waals surface area contributed by atoms with Crippen molar-refractivity contribution in [1.82, 2.24) is 9.62 Å². The Labute approximate surface area is 152 Å². The summed E-state index contributed by atoms with van der Waals surface area (Å²) < 4.78 is 48.4. The third-order valence-corrected chi connectivity index (χ3v) is 5.72. The number of piperidine rings is 2.